The Balaban J connectivity index is 1.50. The van der Waals surface area contributed by atoms with Gasteiger partial charge in [0.15, 0.2) is 5.96 Å². The van der Waals surface area contributed by atoms with Gasteiger partial charge in [-0.2, -0.15) is 0 Å². The van der Waals surface area contributed by atoms with Crippen molar-refractivity contribution in [3.8, 4) is 5.88 Å². The zero-order valence-corrected chi connectivity index (χ0v) is 15.7. The van der Waals surface area contributed by atoms with Crippen LogP contribution in [0.2, 0.25) is 0 Å². The van der Waals surface area contributed by atoms with E-state index in [4.69, 9.17) is 4.74 Å². The van der Waals surface area contributed by atoms with Crippen molar-refractivity contribution in [3.05, 3.63) is 45.8 Å². The highest BCUT2D eigenvalue weighted by Crippen LogP contribution is 2.29. The predicted molar refractivity (Wildman–Crippen MR) is 103 cm³/mol. The first-order valence-corrected chi connectivity index (χ1v) is 9.70. The summed E-state index contributed by atoms with van der Waals surface area (Å²) in [5.74, 6) is 2.27. The van der Waals surface area contributed by atoms with Crippen LogP contribution in [0.3, 0.4) is 0 Å². The van der Waals surface area contributed by atoms with Crippen LogP contribution in [-0.2, 0) is 13.1 Å². The van der Waals surface area contributed by atoms with E-state index >= 15 is 0 Å². The molecule has 0 saturated heterocycles. The SMILES string of the molecule is CCNC(=NCc1ccc(OCC2CC2)nc1)NCc1ccc(C)s1. The van der Waals surface area contributed by atoms with Gasteiger partial charge in [0, 0.05) is 28.6 Å². The van der Waals surface area contributed by atoms with E-state index in [-0.39, 0.29) is 0 Å². The minimum atomic E-state index is 0.592. The number of nitrogens with zero attached hydrogens (tertiary/aromatic N) is 2. The molecule has 0 atom stereocenters. The van der Waals surface area contributed by atoms with Gasteiger partial charge >= 0.3 is 0 Å². The number of nitrogens with one attached hydrogen (secondary N) is 2. The van der Waals surface area contributed by atoms with Crippen molar-refractivity contribution < 1.29 is 4.74 Å². The van der Waals surface area contributed by atoms with Crippen molar-refractivity contribution in [2.75, 3.05) is 13.2 Å². The summed E-state index contributed by atoms with van der Waals surface area (Å²) in [5.41, 5.74) is 1.07. The lowest BCUT2D eigenvalue weighted by Gasteiger charge is -2.10. The molecule has 0 amide bonds. The Morgan fingerprint density at radius 2 is 2.16 bits per heavy atom. The summed E-state index contributed by atoms with van der Waals surface area (Å²) >= 11 is 1.81. The van der Waals surface area contributed by atoms with E-state index in [1.165, 1.54) is 22.6 Å². The minimum absolute atomic E-state index is 0.592. The maximum absolute atomic E-state index is 5.67. The molecule has 0 aliphatic heterocycles. The van der Waals surface area contributed by atoms with Crippen molar-refractivity contribution in [2.45, 2.75) is 39.8 Å². The summed E-state index contributed by atoms with van der Waals surface area (Å²) in [7, 11) is 0. The lowest BCUT2D eigenvalue weighted by Crippen LogP contribution is -2.36. The van der Waals surface area contributed by atoms with Gasteiger partial charge < -0.3 is 15.4 Å². The van der Waals surface area contributed by atoms with E-state index in [1.807, 2.05) is 18.3 Å². The number of thiophene rings is 1. The van der Waals surface area contributed by atoms with Crippen LogP contribution in [0.15, 0.2) is 35.5 Å². The zero-order valence-electron chi connectivity index (χ0n) is 14.9. The van der Waals surface area contributed by atoms with Crippen LogP contribution in [0.25, 0.3) is 0 Å². The van der Waals surface area contributed by atoms with Crippen molar-refractivity contribution in [1.82, 2.24) is 15.6 Å². The second-order valence-electron chi connectivity index (χ2n) is 6.32. The molecule has 1 aliphatic rings. The number of aryl methyl sites for hydroxylation is 1. The molecule has 0 spiro atoms. The van der Waals surface area contributed by atoms with Crippen LogP contribution in [0.1, 0.15) is 35.1 Å². The number of aromatic nitrogens is 1. The highest BCUT2D eigenvalue weighted by molar-refractivity contribution is 7.11. The van der Waals surface area contributed by atoms with Gasteiger partial charge in [-0.15, -0.1) is 11.3 Å². The first kappa shape index (κ1) is 17.7. The molecule has 1 aliphatic carbocycles. The molecule has 1 fully saturated rings. The van der Waals surface area contributed by atoms with Gasteiger partial charge in [-0.25, -0.2) is 9.98 Å². The standard InChI is InChI=1S/C19H26N4OS/c1-3-20-19(23-12-17-8-4-14(2)25-17)22-11-16-7-9-18(21-10-16)24-13-15-5-6-15/h4,7-10,15H,3,5-6,11-13H2,1-2H3,(H2,20,22,23). The fraction of sp³-hybridized carbons (Fsp3) is 0.474. The molecule has 134 valence electrons. The minimum Gasteiger partial charge on any atom is -0.477 e. The molecule has 0 radical (unpaired) electrons. The van der Waals surface area contributed by atoms with E-state index < -0.39 is 0 Å². The van der Waals surface area contributed by atoms with Gasteiger partial charge in [0.05, 0.1) is 19.7 Å². The van der Waals surface area contributed by atoms with Gasteiger partial charge in [-0.3, -0.25) is 0 Å². The molecule has 6 heteroatoms. The number of rotatable bonds is 8. The molecular weight excluding hydrogens is 332 g/mol. The Kier molecular flexibility index (Phi) is 6.28. The lowest BCUT2D eigenvalue weighted by molar-refractivity contribution is 0.288. The van der Waals surface area contributed by atoms with Gasteiger partial charge in [0.1, 0.15) is 0 Å². The summed E-state index contributed by atoms with van der Waals surface area (Å²) in [4.78, 5) is 11.6. The van der Waals surface area contributed by atoms with Crippen LogP contribution in [0.4, 0.5) is 0 Å². The molecule has 5 nitrogen and oxygen atoms in total. The van der Waals surface area contributed by atoms with Crippen LogP contribution in [-0.4, -0.2) is 24.1 Å². The second-order valence-corrected chi connectivity index (χ2v) is 7.69. The zero-order chi connectivity index (χ0) is 17.5. The fourth-order valence-corrected chi connectivity index (χ4v) is 3.17. The Labute approximate surface area is 153 Å². The van der Waals surface area contributed by atoms with Gasteiger partial charge in [-0.05, 0) is 50.3 Å². The number of ether oxygens (including phenoxy) is 1. The first-order valence-electron chi connectivity index (χ1n) is 8.88. The molecule has 2 aromatic rings. The summed E-state index contributed by atoms with van der Waals surface area (Å²) in [5, 5.41) is 6.66. The maximum atomic E-state index is 5.67. The summed E-state index contributed by atoms with van der Waals surface area (Å²) < 4.78 is 5.67. The number of guanidine groups is 1. The van der Waals surface area contributed by atoms with Crippen molar-refractivity contribution in [1.29, 1.82) is 0 Å². The lowest BCUT2D eigenvalue weighted by atomic mass is 10.3. The monoisotopic (exact) mass is 358 g/mol. The van der Waals surface area contributed by atoms with Crippen LogP contribution in [0, 0.1) is 12.8 Å². The third-order valence-electron chi connectivity index (χ3n) is 3.95. The molecule has 0 bridgehead atoms. The van der Waals surface area contributed by atoms with Gasteiger partial charge in [-0.1, -0.05) is 6.07 Å². The van der Waals surface area contributed by atoms with Crippen LogP contribution in [0.5, 0.6) is 5.88 Å². The molecule has 2 heterocycles. The molecule has 2 aromatic heterocycles. The molecule has 25 heavy (non-hydrogen) atoms. The highest BCUT2D eigenvalue weighted by atomic mass is 32.1. The first-order chi connectivity index (χ1) is 12.2. The smallest absolute Gasteiger partial charge is 0.213 e. The molecule has 3 rings (SSSR count). The molecule has 1 saturated carbocycles. The van der Waals surface area contributed by atoms with E-state index in [1.54, 1.807) is 11.3 Å². The fourth-order valence-electron chi connectivity index (χ4n) is 2.34. The summed E-state index contributed by atoms with van der Waals surface area (Å²) in [6.45, 7) is 7.20. The molecule has 0 aromatic carbocycles. The normalized spacial score (nSPS) is 14.4. The summed E-state index contributed by atoms with van der Waals surface area (Å²) in [6, 6.07) is 8.26. The Morgan fingerprint density at radius 3 is 2.80 bits per heavy atom. The largest absolute Gasteiger partial charge is 0.477 e. The number of aliphatic imine (C=N–C) groups is 1. The third kappa shape index (κ3) is 6.05. The Morgan fingerprint density at radius 1 is 1.28 bits per heavy atom. The van der Waals surface area contributed by atoms with E-state index in [9.17, 15) is 0 Å². The third-order valence-corrected chi connectivity index (χ3v) is 4.95. The van der Waals surface area contributed by atoms with Crippen molar-refractivity contribution in [2.24, 2.45) is 10.9 Å². The molecule has 2 N–H and O–H groups in total. The Hall–Kier alpha value is -2.08. The van der Waals surface area contributed by atoms with Crippen LogP contribution < -0.4 is 15.4 Å². The van der Waals surface area contributed by atoms with Crippen molar-refractivity contribution in [3.63, 3.8) is 0 Å². The van der Waals surface area contributed by atoms with E-state index in [0.717, 1.165) is 37.1 Å². The summed E-state index contributed by atoms with van der Waals surface area (Å²) in [6.07, 6.45) is 4.42. The number of hydrogen-bond donors (Lipinski definition) is 2. The van der Waals surface area contributed by atoms with Gasteiger partial charge in [0.25, 0.3) is 0 Å². The highest BCUT2D eigenvalue weighted by Gasteiger charge is 2.21. The maximum Gasteiger partial charge on any atom is 0.213 e. The second kappa shape index (κ2) is 8.85. The topological polar surface area (TPSA) is 58.5 Å². The number of hydrogen-bond acceptors (Lipinski definition) is 4. The quantitative estimate of drug-likeness (QED) is 0.560. The average molecular weight is 359 g/mol. The van der Waals surface area contributed by atoms with Gasteiger partial charge in [0.2, 0.25) is 5.88 Å². The van der Waals surface area contributed by atoms with E-state index in [0.29, 0.717) is 12.4 Å². The number of pyridine rings is 1. The molecular formula is C19H26N4OS. The van der Waals surface area contributed by atoms with Crippen LogP contribution >= 0.6 is 11.3 Å². The molecule has 0 unspecified atom stereocenters. The van der Waals surface area contributed by atoms with Crippen molar-refractivity contribution >= 4 is 17.3 Å². The van der Waals surface area contributed by atoms with E-state index in [2.05, 4.69) is 46.6 Å². The Bertz CT molecular complexity index is 692. The average Bonchev–Trinajstić information content (AvgIpc) is 3.37. The predicted octanol–water partition coefficient (Wildman–Crippen LogP) is 3.50.